The first-order valence-corrected chi connectivity index (χ1v) is 7.91. The number of hydrogen-bond acceptors (Lipinski definition) is 6. The summed E-state index contributed by atoms with van der Waals surface area (Å²) in [6.07, 6.45) is -3.98. The van der Waals surface area contributed by atoms with Crippen LogP contribution in [0.25, 0.3) is 0 Å². The molecule has 14 heteroatoms. The standard InChI is InChI=1S/C12H20N4O5.C2HF3O2/c13-7(3-4-9(14)17)11(19)15-6-10(18)16-5-1-2-8(16)12(20)21;3-2(4,5)1(6)7/h7-8H,1-6,13H2,(H2,14,17)(H,15,19)(H,20,21);(H,6,7)/t7-,8-;/m0./s1. The molecule has 1 rings (SSSR count). The van der Waals surface area contributed by atoms with Crippen LogP contribution in [0.3, 0.4) is 0 Å². The summed E-state index contributed by atoms with van der Waals surface area (Å²) in [4.78, 5) is 55.2. The van der Waals surface area contributed by atoms with Crippen molar-refractivity contribution in [2.24, 2.45) is 11.5 Å². The van der Waals surface area contributed by atoms with Gasteiger partial charge in [-0.1, -0.05) is 0 Å². The molecule has 0 radical (unpaired) electrons. The molecule has 1 fully saturated rings. The van der Waals surface area contributed by atoms with Crippen LogP contribution in [0.1, 0.15) is 25.7 Å². The number of rotatable bonds is 7. The van der Waals surface area contributed by atoms with Crippen LogP contribution in [0.15, 0.2) is 0 Å². The average molecular weight is 414 g/mol. The molecule has 2 atom stereocenters. The van der Waals surface area contributed by atoms with Crippen LogP contribution in [0.4, 0.5) is 13.2 Å². The second kappa shape index (κ2) is 11.1. The molecular formula is C14H21F3N4O7. The average Bonchev–Trinajstić information content (AvgIpc) is 3.06. The molecule has 11 nitrogen and oxygen atoms in total. The zero-order valence-corrected chi connectivity index (χ0v) is 14.6. The number of alkyl halides is 3. The van der Waals surface area contributed by atoms with Gasteiger partial charge < -0.3 is 31.9 Å². The van der Waals surface area contributed by atoms with E-state index in [2.05, 4.69) is 5.32 Å². The Morgan fingerprint density at radius 1 is 1.18 bits per heavy atom. The fourth-order valence-electron chi connectivity index (χ4n) is 2.15. The Morgan fingerprint density at radius 3 is 2.14 bits per heavy atom. The summed E-state index contributed by atoms with van der Waals surface area (Å²) < 4.78 is 31.7. The van der Waals surface area contributed by atoms with Crippen molar-refractivity contribution in [3.05, 3.63) is 0 Å². The lowest BCUT2D eigenvalue weighted by atomic mass is 10.1. The summed E-state index contributed by atoms with van der Waals surface area (Å²) in [7, 11) is 0. The number of primary amides is 1. The fourth-order valence-corrected chi connectivity index (χ4v) is 2.15. The van der Waals surface area contributed by atoms with Gasteiger partial charge in [0.25, 0.3) is 0 Å². The highest BCUT2D eigenvalue weighted by atomic mass is 19.4. The maximum atomic E-state index is 11.9. The Labute approximate surface area is 156 Å². The lowest BCUT2D eigenvalue weighted by Crippen LogP contribution is -2.48. The molecular weight excluding hydrogens is 393 g/mol. The van der Waals surface area contributed by atoms with Gasteiger partial charge in [-0.15, -0.1) is 0 Å². The summed E-state index contributed by atoms with van der Waals surface area (Å²) in [5, 5.41) is 18.4. The van der Waals surface area contributed by atoms with Gasteiger partial charge in [0.15, 0.2) is 0 Å². The Kier molecular flexibility index (Phi) is 9.91. The lowest BCUT2D eigenvalue weighted by molar-refractivity contribution is -0.192. The van der Waals surface area contributed by atoms with Gasteiger partial charge in [0, 0.05) is 13.0 Å². The largest absolute Gasteiger partial charge is 0.490 e. The van der Waals surface area contributed by atoms with Crippen LogP contribution >= 0.6 is 0 Å². The maximum absolute atomic E-state index is 11.9. The Balaban J connectivity index is 0.000000887. The highest BCUT2D eigenvalue weighted by Crippen LogP contribution is 2.17. The number of halogens is 3. The number of carboxylic acids is 2. The van der Waals surface area contributed by atoms with Crippen molar-refractivity contribution in [2.45, 2.75) is 43.9 Å². The number of hydrogen-bond donors (Lipinski definition) is 5. The van der Waals surface area contributed by atoms with Gasteiger partial charge in [-0.25, -0.2) is 9.59 Å². The van der Waals surface area contributed by atoms with E-state index in [1.807, 2.05) is 0 Å². The quantitative estimate of drug-likeness (QED) is 0.329. The van der Waals surface area contributed by atoms with E-state index in [-0.39, 0.29) is 19.4 Å². The van der Waals surface area contributed by atoms with E-state index in [0.717, 1.165) is 0 Å². The summed E-state index contributed by atoms with van der Waals surface area (Å²) in [5.74, 6) is -5.40. The third kappa shape index (κ3) is 9.16. The van der Waals surface area contributed by atoms with E-state index in [0.29, 0.717) is 19.4 Å². The van der Waals surface area contributed by atoms with E-state index >= 15 is 0 Å². The first kappa shape index (κ1) is 25.1. The molecule has 0 saturated carbocycles. The molecule has 0 bridgehead atoms. The molecule has 0 aromatic carbocycles. The molecule has 1 heterocycles. The van der Waals surface area contributed by atoms with Crippen molar-refractivity contribution in [1.29, 1.82) is 0 Å². The smallest absolute Gasteiger partial charge is 0.480 e. The number of nitrogens with one attached hydrogen (secondary N) is 1. The van der Waals surface area contributed by atoms with E-state index in [9.17, 15) is 32.3 Å². The minimum absolute atomic E-state index is 0.0181. The number of carbonyl (C=O) groups is 5. The topological polar surface area (TPSA) is 193 Å². The molecule has 7 N–H and O–H groups in total. The number of carbonyl (C=O) groups excluding carboxylic acids is 3. The predicted octanol–water partition coefficient (Wildman–Crippen LogP) is -1.60. The van der Waals surface area contributed by atoms with Crippen molar-refractivity contribution in [3.63, 3.8) is 0 Å². The minimum Gasteiger partial charge on any atom is -0.480 e. The van der Waals surface area contributed by atoms with Crippen LogP contribution in [-0.4, -0.2) is 76.1 Å². The van der Waals surface area contributed by atoms with Crippen molar-refractivity contribution >= 4 is 29.7 Å². The predicted molar refractivity (Wildman–Crippen MR) is 85.5 cm³/mol. The summed E-state index contributed by atoms with van der Waals surface area (Å²) in [5.41, 5.74) is 10.5. The molecule has 1 aliphatic rings. The molecule has 0 aromatic rings. The molecule has 1 aliphatic heterocycles. The van der Waals surface area contributed by atoms with Gasteiger partial charge in [-0.05, 0) is 19.3 Å². The molecule has 1 saturated heterocycles. The van der Waals surface area contributed by atoms with Crippen LogP contribution in [0.2, 0.25) is 0 Å². The fraction of sp³-hybridized carbons (Fsp3) is 0.643. The van der Waals surface area contributed by atoms with Crippen molar-refractivity contribution in [3.8, 4) is 0 Å². The Hall–Kier alpha value is -2.90. The second-order valence-corrected chi connectivity index (χ2v) is 5.72. The number of aliphatic carboxylic acids is 2. The number of likely N-dealkylation sites (tertiary alicyclic amines) is 1. The van der Waals surface area contributed by atoms with Crippen LogP contribution in [0, 0.1) is 0 Å². The van der Waals surface area contributed by atoms with Crippen molar-refractivity contribution in [2.75, 3.05) is 13.1 Å². The Bertz CT molecular complexity index is 612. The summed E-state index contributed by atoms with van der Waals surface area (Å²) in [6.45, 7) is 0.0479. The highest BCUT2D eigenvalue weighted by Gasteiger charge is 2.38. The zero-order valence-electron chi connectivity index (χ0n) is 14.6. The third-order valence-electron chi connectivity index (χ3n) is 3.55. The third-order valence-corrected chi connectivity index (χ3v) is 3.55. The first-order chi connectivity index (χ1) is 12.8. The molecule has 0 spiro atoms. The van der Waals surface area contributed by atoms with Gasteiger partial charge in [0.05, 0.1) is 12.6 Å². The summed E-state index contributed by atoms with van der Waals surface area (Å²) in [6, 6.07) is -1.77. The maximum Gasteiger partial charge on any atom is 0.490 e. The molecule has 0 aromatic heterocycles. The van der Waals surface area contributed by atoms with E-state index in [1.54, 1.807) is 0 Å². The van der Waals surface area contributed by atoms with E-state index in [4.69, 9.17) is 26.5 Å². The highest BCUT2D eigenvalue weighted by molar-refractivity contribution is 5.90. The summed E-state index contributed by atoms with van der Waals surface area (Å²) >= 11 is 0. The van der Waals surface area contributed by atoms with Gasteiger partial charge in [-0.3, -0.25) is 14.4 Å². The SMILES string of the molecule is NC(=O)CC[C@H](N)C(=O)NCC(=O)N1CCC[C@H]1C(=O)O.O=C(O)C(F)(F)F. The van der Waals surface area contributed by atoms with Gasteiger partial charge in [0.2, 0.25) is 17.7 Å². The molecule has 28 heavy (non-hydrogen) atoms. The van der Waals surface area contributed by atoms with Gasteiger partial charge >= 0.3 is 18.1 Å². The molecule has 0 aliphatic carbocycles. The number of carboxylic acid groups (broad SMARTS) is 2. The van der Waals surface area contributed by atoms with E-state index < -0.39 is 47.9 Å². The molecule has 160 valence electrons. The lowest BCUT2D eigenvalue weighted by Gasteiger charge is -2.22. The number of nitrogens with two attached hydrogens (primary N) is 2. The van der Waals surface area contributed by atoms with Crippen LogP contribution in [-0.2, 0) is 24.0 Å². The number of amides is 3. The van der Waals surface area contributed by atoms with Gasteiger partial charge in [0.1, 0.15) is 6.04 Å². The number of nitrogens with zero attached hydrogens (tertiary/aromatic N) is 1. The first-order valence-electron chi connectivity index (χ1n) is 7.91. The van der Waals surface area contributed by atoms with Gasteiger partial charge in [-0.2, -0.15) is 13.2 Å². The Morgan fingerprint density at radius 2 is 1.71 bits per heavy atom. The monoisotopic (exact) mass is 414 g/mol. The second-order valence-electron chi connectivity index (χ2n) is 5.72. The zero-order chi connectivity index (χ0) is 22.1. The van der Waals surface area contributed by atoms with Crippen molar-refractivity contribution in [1.82, 2.24) is 10.2 Å². The van der Waals surface area contributed by atoms with Crippen molar-refractivity contribution < 1.29 is 47.4 Å². The molecule has 3 amide bonds. The van der Waals surface area contributed by atoms with Crippen LogP contribution < -0.4 is 16.8 Å². The van der Waals surface area contributed by atoms with E-state index in [1.165, 1.54) is 4.90 Å². The van der Waals surface area contributed by atoms with Crippen LogP contribution in [0.5, 0.6) is 0 Å². The molecule has 0 unspecified atom stereocenters. The minimum atomic E-state index is -5.08. The normalized spacial score (nSPS) is 17.1.